The minimum atomic E-state index is 0.261. The van der Waals surface area contributed by atoms with Gasteiger partial charge in [-0.3, -0.25) is 4.98 Å². The Hall–Kier alpha value is -0.930. The van der Waals surface area contributed by atoms with Crippen LogP contribution in [0.3, 0.4) is 0 Å². The summed E-state index contributed by atoms with van der Waals surface area (Å²) in [6.07, 6.45) is 6.76. The molecule has 0 bridgehead atoms. The number of nitrogens with zero attached hydrogens (tertiary/aromatic N) is 1. The van der Waals surface area contributed by atoms with Crippen LogP contribution in [-0.4, -0.2) is 24.2 Å². The topological polar surface area (TPSA) is 34.2 Å². The van der Waals surface area contributed by atoms with Gasteiger partial charge in [0.1, 0.15) is 0 Å². The summed E-state index contributed by atoms with van der Waals surface area (Å²) in [7, 11) is 1.99. The highest BCUT2D eigenvalue weighted by atomic mass is 16.5. The molecule has 0 amide bonds. The second-order valence-electron chi connectivity index (χ2n) is 4.62. The minimum absolute atomic E-state index is 0.261. The van der Waals surface area contributed by atoms with Crippen LogP contribution in [0.15, 0.2) is 18.5 Å². The van der Waals surface area contributed by atoms with Crippen molar-refractivity contribution in [2.24, 2.45) is 0 Å². The molecule has 16 heavy (non-hydrogen) atoms. The Morgan fingerprint density at radius 3 is 2.81 bits per heavy atom. The molecule has 3 atom stereocenters. The standard InChI is InChI=1S/C13H20N2O/c1-9-6-11(8-15-7-9)13(14-3)12-5-4-10(2)16-12/h6-8,10,12-14H,4-5H2,1-3H3. The lowest BCUT2D eigenvalue weighted by Crippen LogP contribution is -2.29. The summed E-state index contributed by atoms with van der Waals surface area (Å²) in [5, 5.41) is 3.34. The summed E-state index contributed by atoms with van der Waals surface area (Å²) in [4.78, 5) is 4.25. The molecule has 1 aromatic heterocycles. The van der Waals surface area contributed by atoms with E-state index in [9.17, 15) is 0 Å². The highest BCUT2D eigenvalue weighted by Crippen LogP contribution is 2.29. The van der Waals surface area contributed by atoms with Crippen molar-refractivity contribution < 1.29 is 4.74 Å². The first kappa shape index (κ1) is 11.6. The zero-order chi connectivity index (χ0) is 11.5. The van der Waals surface area contributed by atoms with Crippen LogP contribution in [0, 0.1) is 6.92 Å². The molecule has 1 aliphatic rings. The highest BCUT2D eigenvalue weighted by Gasteiger charge is 2.29. The van der Waals surface area contributed by atoms with E-state index >= 15 is 0 Å². The third-order valence-electron chi connectivity index (χ3n) is 3.20. The first-order chi connectivity index (χ1) is 7.70. The molecule has 1 aliphatic heterocycles. The van der Waals surface area contributed by atoms with Gasteiger partial charge < -0.3 is 10.1 Å². The Bertz CT molecular complexity index is 354. The van der Waals surface area contributed by atoms with E-state index in [1.807, 2.05) is 19.4 Å². The molecule has 88 valence electrons. The van der Waals surface area contributed by atoms with Gasteiger partial charge in [-0.05, 0) is 44.9 Å². The minimum Gasteiger partial charge on any atom is -0.373 e. The fourth-order valence-corrected chi connectivity index (χ4v) is 2.39. The van der Waals surface area contributed by atoms with Gasteiger partial charge in [-0.1, -0.05) is 6.07 Å². The highest BCUT2D eigenvalue weighted by molar-refractivity contribution is 5.21. The summed E-state index contributed by atoms with van der Waals surface area (Å²) in [5.41, 5.74) is 2.42. The molecule has 0 aromatic carbocycles. The van der Waals surface area contributed by atoms with E-state index < -0.39 is 0 Å². The number of nitrogens with one attached hydrogen (secondary N) is 1. The van der Waals surface area contributed by atoms with Gasteiger partial charge in [-0.25, -0.2) is 0 Å². The lowest BCUT2D eigenvalue weighted by atomic mass is 10.00. The van der Waals surface area contributed by atoms with Gasteiger partial charge in [0, 0.05) is 12.4 Å². The van der Waals surface area contributed by atoms with E-state index in [4.69, 9.17) is 4.74 Å². The largest absolute Gasteiger partial charge is 0.373 e. The third kappa shape index (κ3) is 2.42. The molecule has 3 unspecified atom stereocenters. The van der Waals surface area contributed by atoms with E-state index in [0.717, 1.165) is 12.8 Å². The summed E-state index contributed by atoms with van der Waals surface area (Å²) in [5.74, 6) is 0. The van der Waals surface area contributed by atoms with E-state index in [0.29, 0.717) is 6.10 Å². The van der Waals surface area contributed by atoms with Crippen molar-refractivity contribution >= 4 is 0 Å². The SMILES string of the molecule is CNC(c1cncc(C)c1)C1CCC(C)O1. The van der Waals surface area contributed by atoms with Gasteiger partial charge in [0.2, 0.25) is 0 Å². The monoisotopic (exact) mass is 220 g/mol. The van der Waals surface area contributed by atoms with Gasteiger partial charge in [0.15, 0.2) is 0 Å². The summed E-state index contributed by atoms with van der Waals surface area (Å²) < 4.78 is 5.92. The number of hydrogen-bond acceptors (Lipinski definition) is 3. The molecular weight excluding hydrogens is 200 g/mol. The van der Waals surface area contributed by atoms with Gasteiger partial charge in [-0.15, -0.1) is 0 Å². The van der Waals surface area contributed by atoms with Crippen molar-refractivity contribution in [2.75, 3.05) is 7.05 Å². The quantitative estimate of drug-likeness (QED) is 0.848. The number of likely N-dealkylation sites (N-methyl/N-ethyl adjacent to an activating group) is 1. The van der Waals surface area contributed by atoms with Crippen LogP contribution in [0.4, 0.5) is 0 Å². The molecular formula is C13H20N2O. The van der Waals surface area contributed by atoms with Crippen LogP contribution in [-0.2, 0) is 4.74 Å². The number of ether oxygens (including phenoxy) is 1. The average Bonchev–Trinajstić information content (AvgIpc) is 2.66. The van der Waals surface area contributed by atoms with Crippen LogP contribution in [0.25, 0.3) is 0 Å². The van der Waals surface area contributed by atoms with Crippen LogP contribution in [0.5, 0.6) is 0 Å². The van der Waals surface area contributed by atoms with Gasteiger partial charge >= 0.3 is 0 Å². The van der Waals surface area contributed by atoms with Gasteiger partial charge in [0.05, 0.1) is 18.2 Å². The van der Waals surface area contributed by atoms with Crippen molar-refractivity contribution in [2.45, 2.75) is 44.9 Å². The smallest absolute Gasteiger partial charge is 0.0774 e. The van der Waals surface area contributed by atoms with Gasteiger partial charge in [0.25, 0.3) is 0 Å². The summed E-state index contributed by atoms with van der Waals surface area (Å²) >= 11 is 0. The third-order valence-corrected chi connectivity index (χ3v) is 3.20. The van der Waals surface area contributed by atoms with Crippen molar-refractivity contribution in [3.63, 3.8) is 0 Å². The maximum absolute atomic E-state index is 5.92. The number of aromatic nitrogens is 1. The Morgan fingerprint density at radius 2 is 2.25 bits per heavy atom. The number of rotatable bonds is 3. The molecule has 1 N–H and O–H groups in total. The molecule has 2 heterocycles. The maximum Gasteiger partial charge on any atom is 0.0774 e. The molecule has 1 fully saturated rings. The molecule has 0 saturated carbocycles. The van der Waals surface area contributed by atoms with Crippen molar-refractivity contribution in [3.05, 3.63) is 29.6 Å². The molecule has 0 radical (unpaired) electrons. The maximum atomic E-state index is 5.92. The number of hydrogen-bond donors (Lipinski definition) is 1. The van der Waals surface area contributed by atoms with E-state index in [1.54, 1.807) is 0 Å². The van der Waals surface area contributed by atoms with Crippen molar-refractivity contribution in [1.29, 1.82) is 0 Å². The predicted octanol–water partition coefficient (Wildman–Crippen LogP) is 2.22. The Balaban J connectivity index is 2.16. The van der Waals surface area contributed by atoms with E-state index in [-0.39, 0.29) is 12.1 Å². The first-order valence-electron chi connectivity index (χ1n) is 5.95. The Labute approximate surface area is 97.2 Å². The molecule has 1 aromatic rings. The number of pyridine rings is 1. The molecule has 0 aliphatic carbocycles. The lowest BCUT2D eigenvalue weighted by molar-refractivity contribution is 0.0332. The molecule has 3 nitrogen and oxygen atoms in total. The first-order valence-corrected chi connectivity index (χ1v) is 5.95. The zero-order valence-electron chi connectivity index (χ0n) is 10.2. The molecule has 2 rings (SSSR count). The lowest BCUT2D eigenvalue weighted by Gasteiger charge is -2.23. The summed E-state index contributed by atoms with van der Waals surface area (Å²) in [6.45, 7) is 4.21. The second kappa shape index (κ2) is 4.93. The predicted molar refractivity (Wildman–Crippen MR) is 64.3 cm³/mol. The van der Waals surface area contributed by atoms with E-state index in [2.05, 4.69) is 30.2 Å². The average molecular weight is 220 g/mol. The second-order valence-corrected chi connectivity index (χ2v) is 4.62. The normalized spacial score (nSPS) is 26.9. The van der Waals surface area contributed by atoms with Crippen molar-refractivity contribution in [3.8, 4) is 0 Å². The number of aryl methyl sites for hydroxylation is 1. The summed E-state index contributed by atoms with van der Waals surface area (Å²) in [6, 6.07) is 2.44. The van der Waals surface area contributed by atoms with Gasteiger partial charge in [-0.2, -0.15) is 0 Å². The van der Waals surface area contributed by atoms with E-state index in [1.165, 1.54) is 11.1 Å². The molecule has 0 spiro atoms. The van der Waals surface area contributed by atoms with Crippen LogP contribution < -0.4 is 5.32 Å². The molecule has 1 saturated heterocycles. The zero-order valence-corrected chi connectivity index (χ0v) is 10.2. The molecule has 3 heteroatoms. The Morgan fingerprint density at radius 1 is 1.44 bits per heavy atom. The van der Waals surface area contributed by atoms with Crippen molar-refractivity contribution in [1.82, 2.24) is 10.3 Å². The fourth-order valence-electron chi connectivity index (χ4n) is 2.39. The van der Waals surface area contributed by atoms with Crippen LogP contribution >= 0.6 is 0 Å². The fraction of sp³-hybridized carbons (Fsp3) is 0.615. The Kier molecular flexibility index (Phi) is 3.56. The van der Waals surface area contributed by atoms with Crippen LogP contribution in [0.2, 0.25) is 0 Å². The van der Waals surface area contributed by atoms with Crippen LogP contribution in [0.1, 0.15) is 36.9 Å².